The maximum atomic E-state index is 5.44. The molecule has 0 bridgehead atoms. The number of benzene rings is 1. The molecular formula is C19H29BrIN5O. The molecule has 0 amide bonds. The van der Waals surface area contributed by atoms with Crippen LogP contribution in [0.25, 0.3) is 0 Å². The van der Waals surface area contributed by atoms with E-state index in [1.54, 1.807) is 14.2 Å². The van der Waals surface area contributed by atoms with Crippen LogP contribution < -0.4 is 10.1 Å². The molecule has 2 aromatic rings. The Morgan fingerprint density at radius 1 is 1.37 bits per heavy atom. The van der Waals surface area contributed by atoms with Crippen LogP contribution in [0.1, 0.15) is 36.6 Å². The topological polar surface area (TPSA) is 54.7 Å². The second kappa shape index (κ2) is 10.9. The molecule has 0 radical (unpaired) electrons. The summed E-state index contributed by atoms with van der Waals surface area (Å²) in [6.45, 7) is 5.71. The summed E-state index contributed by atoms with van der Waals surface area (Å²) in [7, 11) is 7.47. The first-order valence-corrected chi connectivity index (χ1v) is 9.41. The summed E-state index contributed by atoms with van der Waals surface area (Å²) < 4.78 is 8.34. The summed E-state index contributed by atoms with van der Waals surface area (Å²) in [6.07, 6.45) is 2.08. The van der Waals surface area contributed by atoms with Gasteiger partial charge in [-0.15, -0.1) is 24.0 Å². The van der Waals surface area contributed by atoms with Crippen LogP contribution in [-0.4, -0.2) is 41.8 Å². The highest BCUT2D eigenvalue weighted by molar-refractivity contribution is 14.0. The highest BCUT2D eigenvalue weighted by atomic mass is 127. The van der Waals surface area contributed by atoms with Crippen molar-refractivity contribution < 1.29 is 4.74 Å². The molecule has 0 aliphatic rings. The summed E-state index contributed by atoms with van der Waals surface area (Å²) in [5.41, 5.74) is 3.41. The molecule has 0 saturated heterocycles. The van der Waals surface area contributed by atoms with Crippen LogP contribution in [0, 0.1) is 0 Å². The first-order chi connectivity index (χ1) is 12.3. The molecule has 2 rings (SSSR count). The smallest absolute Gasteiger partial charge is 0.193 e. The number of aryl methyl sites for hydroxylation is 1. The molecule has 0 aliphatic heterocycles. The van der Waals surface area contributed by atoms with Crippen molar-refractivity contribution >= 4 is 45.9 Å². The van der Waals surface area contributed by atoms with Gasteiger partial charge >= 0.3 is 0 Å². The van der Waals surface area contributed by atoms with E-state index in [-0.39, 0.29) is 24.0 Å². The van der Waals surface area contributed by atoms with Crippen LogP contribution in [0.2, 0.25) is 0 Å². The standard InChI is InChI=1S/C19H28BrN5O.HI/c1-13(2)18-15(12-25(5)23-18)11-24(4)19(21-3)22-10-14-9-16(20)7-8-17(14)26-6;/h7-9,12-13H,10-11H2,1-6H3,(H,21,22);1H. The van der Waals surface area contributed by atoms with Gasteiger partial charge in [0.1, 0.15) is 5.75 Å². The maximum Gasteiger partial charge on any atom is 0.193 e. The van der Waals surface area contributed by atoms with Gasteiger partial charge in [-0.2, -0.15) is 5.10 Å². The van der Waals surface area contributed by atoms with Gasteiger partial charge in [-0.25, -0.2) is 0 Å². The molecule has 1 heterocycles. The monoisotopic (exact) mass is 549 g/mol. The van der Waals surface area contributed by atoms with Crippen LogP contribution in [0.15, 0.2) is 33.9 Å². The zero-order valence-electron chi connectivity index (χ0n) is 16.8. The van der Waals surface area contributed by atoms with Crippen molar-refractivity contribution in [3.8, 4) is 5.75 Å². The predicted molar refractivity (Wildman–Crippen MR) is 125 cm³/mol. The summed E-state index contributed by atoms with van der Waals surface area (Å²) in [5, 5.41) is 7.99. The van der Waals surface area contributed by atoms with Crippen molar-refractivity contribution in [1.29, 1.82) is 0 Å². The number of methoxy groups -OCH3 is 1. The Morgan fingerprint density at radius 2 is 2.07 bits per heavy atom. The van der Waals surface area contributed by atoms with Crippen LogP contribution in [-0.2, 0) is 20.1 Å². The van der Waals surface area contributed by atoms with Gasteiger partial charge in [0.25, 0.3) is 0 Å². The van der Waals surface area contributed by atoms with Gasteiger partial charge in [-0.1, -0.05) is 29.8 Å². The minimum absolute atomic E-state index is 0. The van der Waals surface area contributed by atoms with E-state index in [2.05, 4.69) is 62.3 Å². The molecule has 150 valence electrons. The summed E-state index contributed by atoms with van der Waals surface area (Å²) >= 11 is 3.51. The Bertz CT molecular complexity index is 775. The zero-order chi connectivity index (χ0) is 19.3. The maximum absolute atomic E-state index is 5.44. The molecule has 0 spiro atoms. The van der Waals surface area contributed by atoms with Gasteiger partial charge in [0.2, 0.25) is 0 Å². The fraction of sp³-hybridized carbons (Fsp3) is 0.474. The van der Waals surface area contributed by atoms with Gasteiger partial charge in [0, 0.05) is 56.0 Å². The van der Waals surface area contributed by atoms with Crippen LogP contribution in [0.4, 0.5) is 0 Å². The SMILES string of the molecule is CN=C(NCc1cc(Br)ccc1OC)N(C)Cc1cn(C)nc1C(C)C.I. The van der Waals surface area contributed by atoms with Crippen LogP contribution in [0.3, 0.4) is 0 Å². The van der Waals surface area contributed by atoms with E-state index >= 15 is 0 Å². The van der Waals surface area contributed by atoms with E-state index in [9.17, 15) is 0 Å². The average molecular weight is 550 g/mol. The molecule has 0 saturated carbocycles. The van der Waals surface area contributed by atoms with Gasteiger partial charge in [0.05, 0.1) is 12.8 Å². The van der Waals surface area contributed by atoms with Gasteiger partial charge in [-0.05, 0) is 24.1 Å². The first-order valence-electron chi connectivity index (χ1n) is 8.62. The highest BCUT2D eigenvalue weighted by Gasteiger charge is 2.15. The number of ether oxygens (including phenoxy) is 1. The normalized spacial score (nSPS) is 11.3. The van der Waals surface area contributed by atoms with Crippen molar-refractivity contribution in [2.24, 2.45) is 12.0 Å². The molecule has 0 unspecified atom stereocenters. The second-order valence-electron chi connectivity index (χ2n) is 6.58. The number of aliphatic imine (C=N–C) groups is 1. The number of rotatable bonds is 6. The average Bonchev–Trinajstić information content (AvgIpc) is 2.96. The number of nitrogens with one attached hydrogen (secondary N) is 1. The van der Waals surface area contributed by atoms with Crippen molar-refractivity contribution in [1.82, 2.24) is 20.0 Å². The lowest BCUT2D eigenvalue weighted by Crippen LogP contribution is -2.38. The molecule has 0 fully saturated rings. The predicted octanol–water partition coefficient (Wildman–Crippen LogP) is 4.14. The lowest BCUT2D eigenvalue weighted by atomic mass is 10.1. The van der Waals surface area contributed by atoms with Crippen molar-refractivity contribution in [3.63, 3.8) is 0 Å². The van der Waals surface area contributed by atoms with Crippen molar-refractivity contribution in [3.05, 3.63) is 45.7 Å². The summed E-state index contributed by atoms with van der Waals surface area (Å²) in [6, 6.07) is 5.98. The molecule has 0 atom stereocenters. The Labute approximate surface area is 187 Å². The van der Waals surface area contributed by atoms with Gasteiger partial charge in [-0.3, -0.25) is 9.67 Å². The number of halogens is 2. The Kier molecular flexibility index (Phi) is 9.58. The third-order valence-electron chi connectivity index (χ3n) is 4.14. The number of nitrogens with zero attached hydrogens (tertiary/aromatic N) is 4. The van der Waals surface area contributed by atoms with Crippen LogP contribution >= 0.6 is 39.9 Å². The number of hydrogen-bond donors (Lipinski definition) is 1. The number of hydrogen-bond acceptors (Lipinski definition) is 3. The van der Waals surface area contributed by atoms with E-state index in [1.165, 1.54) is 5.56 Å². The van der Waals surface area contributed by atoms with E-state index < -0.39 is 0 Å². The Morgan fingerprint density at radius 3 is 2.67 bits per heavy atom. The van der Waals surface area contributed by atoms with Crippen molar-refractivity contribution in [2.45, 2.75) is 32.9 Å². The fourth-order valence-electron chi connectivity index (χ4n) is 2.94. The lowest BCUT2D eigenvalue weighted by molar-refractivity contribution is 0.408. The van der Waals surface area contributed by atoms with Crippen molar-refractivity contribution in [2.75, 3.05) is 21.2 Å². The molecular weight excluding hydrogens is 521 g/mol. The van der Waals surface area contributed by atoms with E-state index in [0.29, 0.717) is 12.5 Å². The number of aromatic nitrogens is 2. The van der Waals surface area contributed by atoms with Crippen LogP contribution in [0.5, 0.6) is 5.75 Å². The summed E-state index contributed by atoms with van der Waals surface area (Å²) in [5.74, 6) is 2.07. The highest BCUT2D eigenvalue weighted by Crippen LogP contribution is 2.23. The zero-order valence-corrected chi connectivity index (χ0v) is 20.7. The molecule has 1 aromatic carbocycles. The third kappa shape index (κ3) is 6.38. The molecule has 27 heavy (non-hydrogen) atoms. The van der Waals surface area contributed by atoms with Gasteiger partial charge < -0.3 is 15.0 Å². The quantitative estimate of drug-likeness (QED) is 0.334. The molecule has 6 nitrogen and oxygen atoms in total. The Balaban J connectivity index is 0.00000364. The van der Waals surface area contributed by atoms with E-state index in [4.69, 9.17) is 4.74 Å². The first kappa shape index (κ1) is 23.7. The lowest BCUT2D eigenvalue weighted by Gasteiger charge is -2.23. The third-order valence-corrected chi connectivity index (χ3v) is 4.64. The minimum Gasteiger partial charge on any atom is -0.496 e. The van der Waals surface area contributed by atoms with E-state index in [1.807, 2.05) is 30.9 Å². The largest absolute Gasteiger partial charge is 0.496 e. The number of guanidine groups is 1. The minimum atomic E-state index is 0. The second-order valence-corrected chi connectivity index (χ2v) is 7.50. The van der Waals surface area contributed by atoms with Gasteiger partial charge in [0.15, 0.2) is 5.96 Å². The fourth-order valence-corrected chi connectivity index (χ4v) is 3.35. The molecule has 0 aliphatic carbocycles. The summed E-state index contributed by atoms with van der Waals surface area (Å²) in [4.78, 5) is 6.51. The molecule has 1 aromatic heterocycles. The van der Waals surface area contributed by atoms with E-state index in [0.717, 1.165) is 34.0 Å². The molecule has 8 heteroatoms. The Hall–Kier alpha value is -1.29. The molecule has 1 N–H and O–H groups in total.